The number of carbonyl (C=O) groups excluding carboxylic acids is 1. The topological polar surface area (TPSA) is 37.3 Å². The number of allylic oxidation sites excluding steroid dienone is 7. The normalized spacial score (nSPS) is 36.2. The number of fused-ring (bicyclic) bond motifs is 1. The van der Waals surface area contributed by atoms with Crippen LogP contribution in [-0.4, -0.2) is 17.0 Å². The molecular weight excluding hydrogens is 320 g/mol. The van der Waals surface area contributed by atoms with Crippen LogP contribution in [0.4, 0.5) is 0 Å². The molecule has 0 spiro atoms. The second kappa shape index (κ2) is 7.52. The van der Waals surface area contributed by atoms with Crippen LogP contribution in [0, 0.1) is 17.3 Å². The summed E-state index contributed by atoms with van der Waals surface area (Å²) >= 11 is 0. The third kappa shape index (κ3) is 3.20. The minimum absolute atomic E-state index is 0.0167. The summed E-state index contributed by atoms with van der Waals surface area (Å²) in [5.74, 6) is 0.711. The first-order valence-corrected chi connectivity index (χ1v) is 10.0. The van der Waals surface area contributed by atoms with E-state index in [0.717, 1.165) is 56.1 Å². The van der Waals surface area contributed by atoms with E-state index in [1.807, 2.05) is 12.2 Å². The summed E-state index contributed by atoms with van der Waals surface area (Å²) in [5, 5.41) is 10.9. The molecule has 3 aliphatic carbocycles. The first-order valence-electron chi connectivity index (χ1n) is 10.0. The molecule has 26 heavy (non-hydrogen) atoms. The van der Waals surface area contributed by atoms with Gasteiger partial charge in [0.15, 0.2) is 5.78 Å². The molecule has 0 aliphatic heterocycles. The molecule has 3 rings (SSSR count). The molecule has 0 unspecified atom stereocenters. The largest absolute Gasteiger partial charge is 0.392 e. The summed E-state index contributed by atoms with van der Waals surface area (Å²) < 4.78 is 0. The van der Waals surface area contributed by atoms with Gasteiger partial charge in [-0.1, -0.05) is 48.5 Å². The molecule has 1 N–H and O–H groups in total. The Morgan fingerprint density at radius 2 is 2.15 bits per heavy atom. The molecule has 0 saturated heterocycles. The minimum atomic E-state index is -0.403. The molecular formula is C24H32O2. The van der Waals surface area contributed by atoms with Crippen LogP contribution in [0.5, 0.6) is 0 Å². The van der Waals surface area contributed by atoms with Crippen LogP contribution in [0.15, 0.2) is 59.8 Å². The Hall–Kier alpha value is -1.67. The van der Waals surface area contributed by atoms with Gasteiger partial charge in [-0.2, -0.15) is 0 Å². The number of hydrogen-bond donors (Lipinski definition) is 1. The average Bonchev–Trinajstić information content (AvgIpc) is 2.61. The lowest BCUT2D eigenvalue weighted by Gasteiger charge is -2.50. The van der Waals surface area contributed by atoms with Gasteiger partial charge in [-0.25, -0.2) is 0 Å². The Labute approximate surface area is 158 Å². The molecule has 0 bridgehead atoms. The molecule has 2 heteroatoms. The average molecular weight is 353 g/mol. The summed E-state index contributed by atoms with van der Waals surface area (Å²) in [5.41, 5.74) is 4.14. The van der Waals surface area contributed by atoms with Crippen molar-refractivity contribution in [3.63, 3.8) is 0 Å². The maximum atomic E-state index is 12.9. The monoisotopic (exact) mass is 352 g/mol. The van der Waals surface area contributed by atoms with Crippen LogP contribution in [0.2, 0.25) is 0 Å². The van der Waals surface area contributed by atoms with E-state index in [2.05, 4.69) is 39.2 Å². The number of hydrogen-bond acceptors (Lipinski definition) is 2. The first kappa shape index (κ1) is 19.1. The maximum absolute atomic E-state index is 12.9. The highest BCUT2D eigenvalue weighted by molar-refractivity contribution is 6.06. The van der Waals surface area contributed by atoms with Crippen LogP contribution in [0.1, 0.15) is 58.8 Å². The van der Waals surface area contributed by atoms with Gasteiger partial charge in [-0.3, -0.25) is 4.79 Å². The Balaban J connectivity index is 1.96. The summed E-state index contributed by atoms with van der Waals surface area (Å²) in [6.07, 6.45) is 14.2. The summed E-state index contributed by atoms with van der Waals surface area (Å²) in [7, 11) is 0. The van der Waals surface area contributed by atoms with E-state index in [9.17, 15) is 9.90 Å². The van der Waals surface area contributed by atoms with Gasteiger partial charge in [-0.15, -0.1) is 6.58 Å². The Morgan fingerprint density at radius 1 is 1.38 bits per heavy atom. The van der Waals surface area contributed by atoms with E-state index in [-0.39, 0.29) is 17.1 Å². The molecule has 0 aromatic carbocycles. The van der Waals surface area contributed by atoms with Gasteiger partial charge in [0.25, 0.3) is 0 Å². The van der Waals surface area contributed by atoms with Crippen molar-refractivity contribution in [3.05, 3.63) is 59.8 Å². The fraction of sp³-hybridized carbons (Fsp3) is 0.542. The summed E-state index contributed by atoms with van der Waals surface area (Å²) in [6, 6.07) is 0. The summed E-state index contributed by atoms with van der Waals surface area (Å²) in [6.45, 7) is 12.2. The fourth-order valence-electron chi connectivity index (χ4n) is 5.21. The van der Waals surface area contributed by atoms with Gasteiger partial charge in [0.05, 0.1) is 6.10 Å². The predicted octanol–water partition coefficient (Wildman–Crippen LogP) is 5.47. The van der Waals surface area contributed by atoms with Crippen LogP contribution in [-0.2, 0) is 4.79 Å². The molecule has 0 amide bonds. The molecule has 140 valence electrons. The van der Waals surface area contributed by atoms with Gasteiger partial charge in [0, 0.05) is 11.0 Å². The van der Waals surface area contributed by atoms with Crippen LogP contribution < -0.4 is 0 Å². The van der Waals surface area contributed by atoms with Gasteiger partial charge in [0.2, 0.25) is 0 Å². The Bertz CT molecular complexity index is 706. The quantitative estimate of drug-likeness (QED) is 0.538. The molecule has 3 aliphatic rings. The number of aliphatic hydroxyl groups excluding tert-OH is 1. The van der Waals surface area contributed by atoms with Crippen molar-refractivity contribution in [2.75, 3.05) is 0 Å². The van der Waals surface area contributed by atoms with Crippen LogP contribution >= 0.6 is 0 Å². The number of carbonyl (C=O) groups is 1. The molecule has 1 fully saturated rings. The van der Waals surface area contributed by atoms with Gasteiger partial charge in [-0.05, 0) is 69.8 Å². The number of ketones is 1. The van der Waals surface area contributed by atoms with E-state index >= 15 is 0 Å². The lowest BCUT2D eigenvalue weighted by Crippen LogP contribution is -2.48. The van der Waals surface area contributed by atoms with Crippen LogP contribution in [0.3, 0.4) is 0 Å². The van der Waals surface area contributed by atoms with Gasteiger partial charge in [0.1, 0.15) is 0 Å². The molecule has 4 atom stereocenters. The van der Waals surface area contributed by atoms with Crippen molar-refractivity contribution in [2.24, 2.45) is 17.3 Å². The van der Waals surface area contributed by atoms with Crippen molar-refractivity contribution < 1.29 is 9.90 Å². The standard InChI is InChI=1S/C24H32O2/c1-5-13-24-17(4)21(14-18-9-11-19(12-10-18)16(2)3)22(25)15-20(24)7-6-8-23(24)26/h5,9,14-15,17,19,23,26H,1-2,6-8,10-13H2,3-4H3/b21-14+/t17-,19+,23-,24-/m0/s1. The highest BCUT2D eigenvalue weighted by atomic mass is 16.3. The number of rotatable bonds is 4. The zero-order chi connectivity index (χ0) is 18.9. The fourth-order valence-corrected chi connectivity index (χ4v) is 5.21. The van der Waals surface area contributed by atoms with Gasteiger partial charge < -0.3 is 5.11 Å². The van der Waals surface area contributed by atoms with E-state index in [1.54, 1.807) is 0 Å². The third-order valence-electron chi connectivity index (χ3n) is 6.91. The lowest BCUT2D eigenvalue weighted by molar-refractivity contribution is -0.114. The van der Waals surface area contributed by atoms with E-state index in [0.29, 0.717) is 5.92 Å². The highest BCUT2D eigenvalue weighted by Crippen LogP contribution is 2.54. The highest BCUT2D eigenvalue weighted by Gasteiger charge is 2.51. The SMILES string of the molecule is C=CC[C@@]12C(=CC(=O)/C(=C/C3=CC[C@@H](C(=C)C)CC3)[C@@H]1C)CCC[C@@H]2O. The van der Waals surface area contributed by atoms with Crippen molar-refractivity contribution in [1.82, 2.24) is 0 Å². The van der Waals surface area contributed by atoms with E-state index in [4.69, 9.17) is 0 Å². The third-order valence-corrected chi connectivity index (χ3v) is 6.91. The zero-order valence-corrected chi connectivity index (χ0v) is 16.3. The Morgan fingerprint density at radius 3 is 2.77 bits per heavy atom. The van der Waals surface area contributed by atoms with Gasteiger partial charge >= 0.3 is 0 Å². The second-order valence-electron chi connectivity index (χ2n) is 8.39. The van der Waals surface area contributed by atoms with Crippen LogP contribution in [0.25, 0.3) is 0 Å². The summed E-state index contributed by atoms with van der Waals surface area (Å²) in [4.78, 5) is 12.9. The van der Waals surface area contributed by atoms with Crippen molar-refractivity contribution >= 4 is 5.78 Å². The van der Waals surface area contributed by atoms with Crippen molar-refractivity contribution in [2.45, 2.75) is 64.9 Å². The maximum Gasteiger partial charge on any atom is 0.182 e. The molecule has 0 aromatic heterocycles. The number of aliphatic hydroxyl groups is 1. The molecule has 2 nitrogen and oxygen atoms in total. The van der Waals surface area contributed by atoms with E-state index in [1.165, 1.54) is 11.1 Å². The van der Waals surface area contributed by atoms with E-state index < -0.39 is 6.10 Å². The molecule has 0 aromatic rings. The first-order chi connectivity index (χ1) is 12.4. The second-order valence-corrected chi connectivity index (χ2v) is 8.39. The molecule has 0 radical (unpaired) electrons. The Kier molecular flexibility index (Phi) is 5.53. The minimum Gasteiger partial charge on any atom is -0.392 e. The smallest absolute Gasteiger partial charge is 0.182 e. The lowest BCUT2D eigenvalue weighted by atomic mass is 9.55. The predicted molar refractivity (Wildman–Crippen MR) is 108 cm³/mol. The zero-order valence-electron chi connectivity index (χ0n) is 16.3. The molecule has 1 saturated carbocycles. The van der Waals surface area contributed by atoms with Crippen molar-refractivity contribution in [1.29, 1.82) is 0 Å². The van der Waals surface area contributed by atoms with Crippen molar-refractivity contribution in [3.8, 4) is 0 Å². The molecule has 0 heterocycles.